The summed E-state index contributed by atoms with van der Waals surface area (Å²) in [5.41, 5.74) is 7.74. The highest BCUT2D eigenvalue weighted by Crippen LogP contribution is 2.30. The first-order valence-corrected chi connectivity index (χ1v) is 9.46. The van der Waals surface area contributed by atoms with Crippen molar-refractivity contribution in [3.05, 3.63) is 57.0 Å². The van der Waals surface area contributed by atoms with E-state index < -0.39 is 6.04 Å². The summed E-state index contributed by atoms with van der Waals surface area (Å²) in [5.74, 6) is -0.535. The fourth-order valence-corrected chi connectivity index (χ4v) is 3.63. The maximum absolute atomic E-state index is 12.6. The molecular formula is C18H19ClN4O3S. The lowest BCUT2D eigenvalue weighted by molar-refractivity contribution is 0.0930. The van der Waals surface area contributed by atoms with Crippen LogP contribution in [0.5, 0.6) is 5.88 Å². The molecule has 1 atom stereocenters. The van der Waals surface area contributed by atoms with Crippen molar-refractivity contribution in [3.8, 4) is 17.1 Å². The molecule has 27 heavy (non-hydrogen) atoms. The lowest BCUT2D eigenvalue weighted by Gasteiger charge is -2.15. The Morgan fingerprint density at radius 2 is 2.04 bits per heavy atom. The molecule has 1 amide bonds. The first-order chi connectivity index (χ1) is 13.0. The number of benzene rings is 1. The standard InChI is InChI=1S/C18H19ClN4O3S/c19-11-3-1-10(2-4-11)12-5-6-13(21-12)16(25)22-14(7-8-20)18-23-17(26)15(9-24)27-18/h1-6,14,21,24,26H,7-9,20H2,(H,22,25). The third-order valence-corrected chi connectivity index (χ3v) is 5.38. The van der Waals surface area contributed by atoms with Crippen molar-refractivity contribution in [2.24, 2.45) is 5.73 Å². The van der Waals surface area contributed by atoms with Crippen molar-refractivity contribution >= 4 is 28.8 Å². The van der Waals surface area contributed by atoms with E-state index in [1.807, 2.05) is 18.2 Å². The highest BCUT2D eigenvalue weighted by atomic mass is 35.5. The maximum atomic E-state index is 12.6. The van der Waals surface area contributed by atoms with Gasteiger partial charge in [-0.3, -0.25) is 4.79 Å². The molecule has 0 aliphatic heterocycles. The average molecular weight is 407 g/mol. The summed E-state index contributed by atoms with van der Waals surface area (Å²) >= 11 is 7.04. The van der Waals surface area contributed by atoms with Crippen LogP contribution in [0.15, 0.2) is 36.4 Å². The number of hydrogen-bond acceptors (Lipinski definition) is 6. The fraction of sp³-hybridized carbons (Fsp3) is 0.222. The second kappa shape index (κ2) is 8.53. The number of aromatic nitrogens is 2. The zero-order valence-electron chi connectivity index (χ0n) is 14.3. The molecule has 0 bridgehead atoms. The lowest BCUT2D eigenvalue weighted by atomic mass is 10.2. The van der Waals surface area contributed by atoms with E-state index in [0.717, 1.165) is 22.6 Å². The SMILES string of the molecule is NCCC(NC(=O)c1ccc(-c2ccc(Cl)cc2)[nH]1)c1nc(O)c(CO)s1. The molecule has 3 aromatic rings. The van der Waals surface area contributed by atoms with Crippen LogP contribution in [0, 0.1) is 0 Å². The molecule has 2 aromatic heterocycles. The van der Waals surface area contributed by atoms with Gasteiger partial charge in [-0.25, -0.2) is 4.98 Å². The monoisotopic (exact) mass is 406 g/mol. The van der Waals surface area contributed by atoms with Crippen LogP contribution in [-0.2, 0) is 6.61 Å². The molecule has 0 saturated carbocycles. The molecule has 0 radical (unpaired) electrons. The summed E-state index contributed by atoms with van der Waals surface area (Å²) in [5, 5.41) is 23.0. The number of carbonyl (C=O) groups is 1. The predicted molar refractivity (Wildman–Crippen MR) is 105 cm³/mol. The van der Waals surface area contributed by atoms with Gasteiger partial charge in [0.25, 0.3) is 5.91 Å². The Bertz CT molecular complexity index is 923. The number of hydrogen-bond donors (Lipinski definition) is 5. The molecule has 0 aliphatic rings. The summed E-state index contributed by atoms with van der Waals surface area (Å²) in [4.78, 5) is 20.1. The number of carbonyl (C=O) groups excluding carboxylic acids is 1. The van der Waals surface area contributed by atoms with E-state index in [4.69, 9.17) is 17.3 Å². The zero-order valence-corrected chi connectivity index (χ0v) is 15.8. The number of nitrogens with two attached hydrogens (primary N) is 1. The Labute approximate surface area is 164 Å². The Morgan fingerprint density at radius 3 is 2.67 bits per heavy atom. The minimum Gasteiger partial charge on any atom is -0.492 e. The summed E-state index contributed by atoms with van der Waals surface area (Å²) in [7, 11) is 0. The number of thiazole rings is 1. The van der Waals surface area contributed by atoms with Gasteiger partial charge >= 0.3 is 0 Å². The van der Waals surface area contributed by atoms with Crippen molar-refractivity contribution in [1.82, 2.24) is 15.3 Å². The first kappa shape index (κ1) is 19.4. The largest absolute Gasteiger partial charge is 0.492 e. The number of nitrogens with one attached hydrogen (secondary N) is 2. The van der Waals surface area contributed by atoms with Gasteiger partial charge in [0.05, 0.1) is 17.5 Å². The third-order valence-electron chi connectivity index (χ3n) is 3.98. The highest BCUT2D eigenvalue weighted by molar-refractivity contribution is 7.12. The van der Waals surface area contributed by atoms with Crippen LogP contribution < -0.4 is 11.1 Å². The predicted octanol–water partition coefficient (Wildman–Crippen LogP) is 2.81. The summed E-state index contributed by atoms with van der Waals surface area (Å²) in [6.45, 7) is 0.0222. The van der Waals surface area contributed by atoms with Crippen molar-refractivity contribution in [2.45, 2.75) is 19.1 Å². The van der Waals surface area contributed by atoms with Crippen molar-refractivity contribution in [1.29, 1.82) is 0 Å². The Balaban J connectivity index is 1.76. The van der Waals surface area contributed by atoms with Crippen molar-refractivity contribution in [3.63, 3.8) is 0 Å². The van der Waals surface area contributed by atoms with Crippen LogP contribution >= 0.6 is 22.9 Å². The number of halogens is 1. The lowest BCUT2D eigenvalue weighted by Crippen LogP contribution is -2.30. The minimum atomic E-state index is -0.457. The topological polar surface area (TPSA) is 124 Å². The molecule has 2 heterocycles. The number of H-pyrrole nitrogens is 1. The smallest absolute Gasteiger partial charge is 0.268 e. The quantitative estimate of drug-likeness (QED) is 0.412. The number of rotatable bonds is 7. The summed E-state index contributed by atoms with van der Waals surface area (Å²) in [6.07, 6.45) is 0.453. The van der Waals surface area contributed by atoms with Crippen LogP contribution in [0.1, 0.15) is 32.8 Å². The maximum Gasteiger partial charge on any atom is 0.268 e. The van der Waals surface area contributed by atoms with E-state index in [9.17, 15) is 15.0 Å². The van der Waals surface area contributed by atoms with Crippen molar-refractivity contribution in [2.75, 3.05) is 6.54 Å². The number of amides is 1. The number of aliphatic hydroxyl groups excluding tert-OH is 1. The molecule has 9 heteroatoms. The van der Waals surface area contributed by atoms with E-state index >= 15 is 0 Å². The van der Waals surface area contributed by atoms with E-state index in [-0.39, 0.29) is 18.4 Å². The molecule has 1 aromatic carbocycles. The van der Waals surface area contributed by atoms with Gasteiger partial charge in [0, 0.05) is 10.7 Å². The van der Waals surface area contributed by atoms with Gasteiger partial charge in [0.15, 0.2) is 0 Å². The van der Waals surface area contributed by atoms with Gasteiger partial charge in [-0.1, -0.05) is 23.7 Å². The van der Waals surface area contributed by atoms with Crippen LogP contribution in [0.25, 0.3) is 11.3 Å². The molecule has 0 spiro atoms. The molecule has 7 nitrogen and oxygen atoms in total. The van der Waals surface area contributed by atoms with Crippen LogP contribution in [0.2, 0.25) is 5.02 Å². The Kier molecular flexibility index (Phi) is 6.12. The van der Waals surface area contributed by atoms with Gasteiger partial charge in [0.1, 0.15) is 10.7 Å². The van der Waals surface area contributed by atoms with Crippen LogP contribution in [0.4, 0.5) is 0 Å². The molecule has 142 valence electrons. The van der Waals surface area contributed by atoms with E-state index in [2.05, 4.69) is 15.3 Å². The molecule has 6 N–H and O–H groups in total. The highest BCUT2D eigenvalue weighted by Gasteiger charge is 2.21. The molecular weight excluding hydrogens is 388 g/mol. The molecule has 3 rings (SSSR count). The van der Waals surface area contributed by atoms with Gasteiger partial charge in [-0.05, 0) is 42.8 Å². The molecule has 0 saturated heterocycles. The number of aromatic hydroxyl groups is 1. The summed E-state index contributed by atoms with van der Waals surface area (Å²) < 4.78 is 0. The van der Waals surface area contributed by atoms with E-state index in [0.29, 0.717) is 33.6 Å². The average Bonchev–Trinajstić information content (AvgIpc) is 3.29. The van der Waals surface area contributed by atoms with Crippen LogP contribution in [-0.4, -0.2) is 32.6 Å². The first-order valence-electron chi connectivity index (χ1n) is 8.27. The molecule has 0 aliphatic carbocycles. The van der Waals surface area contributed by atoms with E-state index in [1.54, 1.807) is 18.2 Å². The zero-order chi connectivity index (χ0) is 19.4. The summed E-state index contributed by atoms with van der Waals surface area (Å²) in [6, 6.07) is 10.3. The second-order valence-electron chi connectivity index (χ2n) is 5.85. The second-order valence-corrected chi connectivity index (χ2v) is 7.40. The third kappa shape index (κ3) is 4.48. The van der Waals surface area contributed by atoms with E-state index in [1.165, 1.54) is 0 Å². The normalized spacial score (nSPS) is 12.1. The number of aromatic amines is 1. The van der Waals surface area contributed by atoms with Gasteiger partial charge in [-0.15, -0.1) is 11.3 Å². The van der Waals surface area contributed by atoms with Gasteiger partial charge in [-0.2, -0.15) is 0 Å². The van der Waals surface area contributed by atoms with Crippen LogP contribution in [0.3, 0.4) is 0 Å². The molecule has 1 unspecified atom stereocenters. The minimum absolute atomic E-state index is 0.223. The molecule has 0 fully saturated rings. The van der Waals surface area contributed by atoms with Crippen molar-refractivity contribution < 1.29 is 15.0 Å². The fourth-order valence-electron chi connectivity index (χ4n) is 2.60. The number of nitrogens with zero attached hydrogens (tertiary/aromatic N) is 1. The number of aliphatic hydroxyl groups is 1. The van der Waals surface area contributed by atoms with Gasteiger partial charge < -0.3 is 26.2 Å². The Morgan fingerprint density at radius 1 is 1.30 bits per heavy atom. The van der Waals surface area contributed by atoms with Gasteiger partial charge in [0.2, 0.25) is 5.88 Å². The Hall–Kier alpha value is -2.39.